The van der Waals surface area contributed by atoms with Crippen LogP contribution in [-0.2, 0) is 21.7 Å². The van der Waals surface area contributed by atoms with Crippen molar-refractivity contribution in [2.45, 2.75) is 105 Å². The number of para-hydroxylation sites is 6. The summed E-state index contributed by atoms with van der Waals surface area (Å²) in [4.78, 5) is 15.4. The van der Waals surface area contributed by atoms with Gasteiger partial charge >= 0.3 is 0 Å². The smallest absolute Gasteiger partial charge is 0.252 e. The van der Waals surface area contributed by atoms with Crippen LogP contribution in [0.1, 0.15) is 105 Å². The molecule has 0 spiro atoms. The summed E-state index contributed by atoms with van der Waals surface area (Å²) in [7, 11) is 0. The maximum absolute atomic E-state index is 2.68. The van der Waals surface area contributed by atoms with Gasteiger partial charge in [-0.25, -0.2) is 0 Å². The van der Waals surface area contributed by atoms with Crippen molar-refractivity contribution in [1.29, 1.82) is 0 Å². The molecule has 0 radical (unpaired) electrons. The standard InChI is InChI=1S/C94H86B2N6/c1-91(2,3)63-33-31-47-73(53-63)97(67-35-19-13-20-36-67)75-57-85-89-87(59-75)101(71-43-27-17-28-44-71)83-62-84-80(61-79(83)95(89)77-51-49-65(93(7,8)9)55-81(77)99(85)69-39-23-15-24-40-69)96-78-52-50-66(94(10,11)12)56-82(78)100(70-41-25-16-26-42-70)86-58-76(60-88(90(86)96)102(84)72-45-29-18-30-46-72)98(68-37-21-14-22-38-68)74-48-32-34-64(54-74)92(4,5)6/h13-62H,1-12H3. The Bertz CT molecular complexity index is 5030. The molecule has 498 valence electrons. The van der Waals surface area contributed by atoms with Gasteiger partial charge in [-0.2, -0.15) is 0 Å². The lowest BCUT2D eigenvalue weighted by molar-refractivity contribution is 0.590. The maximum atomic E-state index is 2.68. The molecule has 0 N–H and O–H groups in total. The zero-order valence-corrected chi connectivity index (χ0v) is 60.7. The van der Waals surface area contributed by atoms with Gasteiger partial charge in [0.1, 0.15) is 0 Å². The molecule has 8 heteroatoms. The first-order valence-corrected chi connectivity index (χ1v) is 36.3. The van der Waals surface area contributed by atoms with E-state index in [9.17, 15) is 0 Å². The number of hydrogen-bond acceptors (Lipinski definition) is 6. The fraction of sp³-hybridized carbons (Fsp3) is 0.170. The number of fused-ring (bicyclic) bond motifs is 8. The van der Waals surface area contributed by atoms with Gasteiger partial charge in [0.05, 0.1) is 11.4 Å². The highest BCUT2D eigenvalue weighted by Crippen LogP contribution is 2.53. The van der Waals surface area contributed by atoms with Gasteiger partial charge < -0.3 is 29.4 Å². The minimum atomic E-state index is -0.202. The minimum absolute atomic E-state index is 0.0913. The predicted octanol–water partition coefficient (Wildman–Crippen LogP) is 22.0. The van der Waals surface area contributed by atoms with Crippen LogP contribution < -0.4 is 62.2 Å². The van der Waals surface area contributed by atoms with Crippen LogP contribution >= 0.6 is 0 Å². The average Bonchev–Trinajstić information content (AvgIpc) is 0.680. The summed E-state index contributed by atoms with van der Waals surface area (Å²) >= 11 is 0. The first-order valence-electron chi connectivity index (χ1n) is 36.3. The van der Waals surface area contributed by atoms with Crippen LogP contribution in [0.3, 0.4) is 0 Å². The molecule has 0 aromatic heterocycles. The molecule has 0 saturated heterocycles. The highest BCUT2D eigenvalue weighted by atomic mass is 15.2. The summed E-state index contributed by atoms with van der Waals surface area (Å²) in [5.41, 5.74) is 32.3. The molecule has 4 heterocycles. The fourth-order valence-corrected chi connectivity index (χ4v) is 16.3. The molecule has 0 atom stereocenters. The average molecular weight is 1320 g/mol. The van der Waals surface area contributed by atoms with Crippen LogP contribution in [0.2, 0.25) is 0 Å². The zero-order valence-electron chi connectivity index (χ0n) is 60.7. The molecular formula is C94H86B2N6. The van der Waals surface area contributed by atoms with Crippen molar-refractivity contribution in [3.05, 3.63) is 326 Å². The topological polar surface area (TPSA) is 19.4 Å². The molecule has 13 aromatic carbocycles. The van der Waals surface area contributed by atoms with E-state index >= 15 is 0 Å². The molecule has 4 aliphatic heterocycles. The second kappa shape index (κ2) is 24.3. The Balaban J connectivity index is 1.02. The van der Waals surface area contributed by atoms with E-state index in [1.165, 1.54) is 66.4 Å². The molecule has 4 aliphatic rings. The van der Waals surface area contributed by atoms with Gasteiger partial charge in [0.25, 0.3) is 13.4 Å². The van der Waals surface area contributed by atoms with E-state index in [1.807, 2.05) is 0 Å². The molecule has 6 nitrogen and oxygen atoms in total. The quantitative estimate of drug-likeness (QED) is 0.126. The maximum Gasteiger partial charge on any atom is 0.252 e. The van der Waals surface area contributed by atoms with Crippen LogP contribution in [0, 0.1) is 0 Å². The van der Waals surface area contributed by atoms with Crippen LogP contribution in [0.15, 0.2) is 303 Å². The lowest BCUT2D eigenvalue weighted by Gasteiger charge is -2.48. The first kappa shape index (κ1) is 64.2. The summed E-state index contributed by atoms with van der Waals surface area (Å²) in [6.45, 7) is 27.6. The van der Waals surface area contributed by atoms with Crippen LogP contribution in [0.25, 0.3) is 0 Å². The third kappa shape index (κ3) is 10.9. The van der Waals surface area contributed by atoms with Crippen molar-refractivity contribution in [2.24, 2.45) is 0 Å². The molecule has 0 bridgehead atoms. The monoisotopic (exact) mass is 1320 g/mol. The van der Waals surface area contributed by atoms with E-state index in [-0.39, 0.29) is 35.1 Å². The van der Waals surface area contributed by atoms with Gasteiger partial charge in [-0.15, -0.1) is 0 Å². The number of benzene rings is 13. The molecule has 0 fully saturated rings. The van der Waals surface area contributed by atoms with E-state index in [4.69, 9.17) is 0 Å². The van der Waals surface area contributed by atoms with Crippen molar-refractivity contribution in [3.63, 3.8) is 0 Å². The second-order valence-electron chi connectivity index (χ2n) is 32.3. The molecule has 0 amide bonds. The molecular weight excluding hydrogens is 1230 g/mol. The highest BCUT2D eigenvalue weighted by Gasteiger charge is 2.50. The zero-order chi connectivity index (χ0) is 70.1. The molecule has 0 unspecified atom stereocenters. The summed E-state index contributed by atoms with van der Waals surface area (Å²) in [5.74, 6) is 0. The van der Waals surface area contributed by atoms with Gasteiger partial charge in [-0.05, 0) is 216 Å². The molecule has 13 aromatic rings. The Kier molecular flexibility index (Phi) is 15.3. The Morgan fingerprint density at radius 3 is 0.765 bits per heavy atom. The van der Waals surface area contributed by atoms with Gasteiger partial charge in [0.15, 0.2) is 0 Å². The number of anilines is 18. The summed E-state index contributed by atoms with van der Waals surface area (Å²) in [6.07, 6.45) is 0. The predicted molar refractivity (Wildman–Crippen MR) is 439 cm³/mol. The minimum Gasteiger partial charge on any atom is -0.311 e. The van der Waals surface area contributed by atoms with Crippen molar-refractivity contribution in [3.8, 4) is 0 Å². The molecule has 102 heavy (non-hydrogen) atoms. The molecule has 17 rings (SSSR count). The largest absolute Gasteiger partial charge is 0.311 e. The number of rotatable bonds is 10. The lowest BCUT2D eigenvalue weighted by atomic mass is 9.30. The van der Waals surface area contributed by atoms with Crippen LogP contribution in [0.5, 0.6) is 0 Å². The van der Waals surface area contributed by atoms with Crippen molar-refractivity contribution < 1.29 is 0 Å². The van der Waals surface area contributed by atoms with Crippen LogP contribution in [0.4, 0.5) is 102 Å². The SMILES string of the molecule is CC(C)(C)c1cccc(N(c2ccccc2)c2cc3c4c(c2)N(c2ccccc2)c2cc5c(cc2B4c2ccc(C(C)(C)C)cc2N3c2ccccc2)B2c3ccc(C(C)(C)C)cc3N(c3ccccc3)c3cc(N(c4ccccc4)c4cccc(C(C)(C)C)c4)cc(c32)N5c2ccccc2)c1. The van der Waals surface area contributed by atoms with Crippen molar-refractivity contribution >= 4 is 149 Å². The van der Waals surface area contributed by atoms with Crippen molar-refractivity contribution in [2.75, 3.05) is 29.4 Å². The third-order valence-electron chi connectivity index (χ3n) is 21.5. The summed E-state index contributed by atoms with van der Waals surface area (Å²) in [5, 5.41) is 0. The van der Waals surface area contributed by atoms with E-state index in [0.29, 0.717) is 0 Å². The summed E-state index contributed by atoms with van der Waals surface area (Å²) in [6, 6.07) is 115. The van der Waals surface area contributed by atoms with Gasteiger partial charge in [0, 0.05) is 91.0 Å². The van der Waals surface area contributed by atoms with E-state index < -0.39 is 0 Å². The third-order valence-corrected chi connectivity index (χ3v) is 21.5. The first-order chi connectivity index (χ1) is 49.2. The molecule has 0 saturated carbocycles. The van der Waals surface area contributed by atoms with Gasteiger partial charge in [-0.3, -0.25) is 0 Å². The van der Waals surface area contributed by atoms with E-state index in [2.05, 4.69) is 416 Å². The van der Waals surface area contributed by atoms with Crippen LogP contribution in [-0.4, -0.2) is 13.4 Å². The van der Waals surface area contributed by atoms with Gasteiger partial charge in [0.2, 0.25) is 0 Å². The fourth-order valence-electron chi connectivity index (χ4n) is 16.3. The summed E-state index contributed by atoms with van der Waals surface area (Å²) < 4.78 is 0. The number of hydrogen-bond donors (Lipinski definition) is 0. The molecule has 0 aliphatic carbocycles. The van der Waals surface area contributed by atoms with E-state index in [1.54, 1.807) is 0 Å². The Labute approximate surface area is 604 Å². The Hall–Kier alpha value is -11.2. The number of nitrogens with zero attached hydrogens (tertiary/aromatic N) is 6. The Morgan fingerprint density at radius 1 is 0.206 bits per heavy atom. The second-order valence-corrected chi connectivity index (χ2v) is 32.3. The van der Waals surface area contributed by atoms with E-state index in [0.717, 1.165) is 91.0 Å². The highest BCUT2D eigenvalue weighted by molar-refractivity contribution is 7.03. The van der Waals surface area contributed by atoms with Crippen molar-refractivity contribution in [1.82, 2.24) is 0 Å². The van der Waals surface area contributed by atoms with Gasteiger partial charge in [-0.1, -0.05) is 247 Å². The normalized spacial score (nSPS) is 13.6. The lowest BCUT2D eigenvalue weighted by Crippen LogP contribution is -2.65. The Morgan fingerprint density at radius 2 is 0.471 bits per heavy atom.